The number of aromatic hydroxyl groups is 1. The number of benzene rings is 1. The fourth-order valence-corrected chi connectivity index (χ4v) is 1.89. The van der Waals surface area contributed by atoms with Gasteiger partial charge >= 0.3 is 12.2 Å². The molecule has 1 N–H and O–H groups in total. The lowest BCUT2D eigenvalue weighted by molar-refractivity contribution is -0.0499. The van der Waals surface area contributed by atoms with E-state index in [2.05, 4.69) is 4.74 Å². The van der Waals surface area contributed by atoms with Gasteiger partial charge in [-0.15, -0.1) is 0 Å². The van der Waals surface area contributed by atoms with Gasteiger partial charge in [0, 0.05) is 11.6 Å². The molecule has 0 unspecified atom stereocenters. The first kappa shape index (κ1) is 16.4. The van der Waals surface area contributed by atoms with E-state index in [9.17, 15) is 23.5 Å². The fraction of sp³-hybridized carbons (Fsp3) is 0.125. The Bertz CT molecular complexity index is 808. The SMILES string of the molecule is Cc1cc(O)c(C(=O)/C=C/c2ccccc2OC(F)F)c(=O)o1. The molecule has 0 aliphatic rings. The molecule has 0 amide bonds. The molecule has 0 aliphatic heterocycles. The first-order chi connectivity index (χ1) is 10.9. The number of hydrogen-bond acceptors (Lipinski definition) is 5. The molecule has 0 atom stereocenters. The van der Waals surface area contributed by atoms with Crippen LogP contribution in [0.1, 0.15) is 21.7 Å². The summed E-state index contributed by atoms with van der Waals surface area (Å²) < 4.78 is 33.7. The Morgan fingerprint density at radius 2 is 2.04 bits per heavy atom. The number of ether oxygens (including phenoxy) is 1. The number of alkyl halides is 2. The van der Waals surface area contributed by atoms with Gasteiger partial charge in [-0.25, -0.2) is 4.79 Å². The molecule has 1 aromatic carbocycles. The van der Waals surface area contributed by atoms with Gasteiger partial charge in [0.1, 0.15) is 22.8 Å². The highest BCUT2D eigenvalue weighted by Crippen LogP contribution is 2.22. The van der Waals surface area contributed by atoms with Crippen LogP contribution in [0.25, 0.3) is 6.08 Å². The Hall–Kier alpha value is -2.96. The molecule has 0 radical (unpaired) electrons. The molecule has 0 saturated carbocycles. The van der Waals surface area contributed by atoms with Gasteiger partial charge in [0.25, 0.3) is 0 Å². The topological polar surface area (TPSA) is 76.7 Å². The molecule has 5 nitrogen and oxygen atoms in total. The van der Waals surface area contributed by atoms with Crippen molar-refractivity contribution in [2.75, 3.05) is 0 Å². The minimum atomic E-state index is -3.01. The van der Waals surface area contributed by atoms with Crippen molar-refractivity contribution in [3.05, 3.63) is 63.7 Å². The van der Waals surface area contributed by atoms with Crippen LogP contribution in [0, 0.1) is 6.92 Å². The first-order valence-electron chi connectivity index (χ1n) is 6.48. The Morgan fingerprint density at radius 3 is 2.70 bits per heavy atom. The van der Waals surface area contributed by atoms with E-state index in [0.29, 0.717) is 0 Å². The second-order valence-corrected chi connectivity index (χ2v) is 4.52. The number of carbonyl (C=O) groups is 1. The van der Waals surface area contributed by atoms with Gasteiger partial charge in [0.15, 0.2) is 5.78 Å². The van der Waals surface area contributed by atoms with E-state index >= 15 is 0 Å². The lowest BCUT2D eigenvalue weighted by Gasteiger charge is -2.07. The van der Waals surface area contributed by atoms with E-state index in [1.54, 1.807) is 6.07 Å². The number of hydrogen-bond donors (Lipinski definition) is 1. The number of halogens is 2. The molecule has 7 heteroatoms. The van der Waals surface area contributed by atoms with Crippen LogP contribution in [-0.4, -0.2) is 17.5 Å². The monoisotopic (exact) mass is 322 g/mol. The summed E-state index contributed by atoms with van der Waals surface area (Å²) in [5, 5.41) is 9.67. The van der Waals surface area contributed by atoms with E-state index in [1.165, 1.54) is 31.2 Å². The van der Waals surface area contributed by atoms with E-state index < -0.39 is 29.3 Å². The van der Waals surface area contributed by atoms with Gasteiger partial charge in [0.05, 0.1) is 0 Å². The normalized spacial score (nSPS) is 11.1. The standard InChI is InChI=1S/C16H12F2O5/c1-9-8-12(20)14(15(21)22-9)11(19)7-6-10-4-2-3-5-13(10)23-16(17)18/h2-8,16,20H,1H3/b7-6+. The molecule has 23 heavy (non-hydrogen) atoms. The van der Waals surface area contributed by atoms with Gasteiger partial charge < -0.3 is 14.3 Å². The maximum absolute atomic E-state index is 12.3. The van der Waals surface area contributed by atoms with Gasteiger partial charge in [-0.05, 0) is 25.1 Å². The first-order valence-corrected chi connectivity index (χ1v) is 6.48. The van der Waals surface area contributed by atoms with Crippen molar-refractivity contribution in [3.8, 4) is 11.5 Å². The Morgan fingerprint density at radius 1 is 1.35 bits per heavy atom. The maximum Gasteiger partial charge on any atom is 0.387 e. The summed E-state index contributed by atoms with van der Waals surface area (Å²) in [7, 11) is 0. The summed E-state index contributed by atoms with van der Waals surface area (Å²) in [5.74, 6) is -1.29. The molecule has 0 saturated heterocycles. The van der Waals surface area contributed by atoms with Crippen molar-refractivity contribution >= 4 is 11.9 Å². The summed E-state index contributed by atoms with van der Waals surface area (Å²) in [6, 6.07) is 6.97. The van der Waals surface area contributed by atoms with E-state index in [1.807, 2.05) is 0 Å². The fourth-order valence-electron chi connectivity index (χ4n) is 1.89. The molecule has 0 bridgehead atoms. The minimum absolute atomic E-state index is 0.119. The van der Waals surface area contributed by atoms with E-state index in [-0.39, 0.29) is 17.1 Å². The average Bonchev–Trinajstić information content (AvgIpc) is 2.44. The van der Waals surface area contributed by atoms with Crippen molar-refractivity contribution in [3.63, 3.8) is 0 Å². The predicted octanol–water partition coefficient (Wildman–Crippen LogP) is 3.15. The number of ketones is 1. The van der Waals surface area contributed by atoms with Gasteiger partial charge in [-0.3, -0.25) is 4.79 Å². The van der Waals surface area contributed by atoms with E-state index in [4.69, 9.17) is 4.42 Å². The van der Waals surface area contributed by atoms with Crippen molar-refractivity contribution in [1.82, 2.24) is 0 Å². The Balaban J connectivity index is 2.31. The highest BCUT2D eigenvalue weighted by atomic mass is 19.3. The zero-order chi connectivity index (χ0) is 17.0. The van der Waals surface area contributed by atoms with Crippen molar-refractivity contribution in [1.29, 1.82) is 0 Å². The van der Waals surface area contributed by atoms with Crippen LogP contribution in [0.5, 0.6) is 11.5 Å². The number of rotatable bonds is 5. The second kappa shape index (κ2) is 6.87. The number of aryl methyl sites for hydroxylation is 1. The van der Waals surface area contributed by atoms with Crippen LogP contribution < -0.4 is 10.4 Å². The molecule has 2 aromatic rings. The number of carbonyl (C=O) groups excluding carboxylic acids is 1. The third-order valence-electron chi connectivity index (χ3n) is 2.85. The van der Waals surface area contributed by atoms with Crippen LogP contribution in [-0.2, 0) is 0 Å². The van der Waals surface area contributed by atoms with Crippen LogP contribution in [0.15, 0.2) is 45.6 Å². The summed E-state index contributed by atoms with van der Waals surface area (Å²) in [5.41, 5.74) is -1.29. The number of para-hydroxylation sites is 1. The molecule has 0 spiro atoms. The summed E-state index contributed by atoms with van der Waals surface area (Å²) >= 11 is 0. The Labute approximate surface area is 129 Å². The van der Waals surface area contributed by atoms with Gasteiger partial charge in [0.2, 0.25) is 0 Å². The highest BCUT2D eigenvalue weighted by molar-refractivity contribution is 6.08. The zero-order valence-electron chi connectivity index (χ0n) is 12.0. The highest BCUT2D eigenvalue weighted by Gasteiger charge is 2.16. The summed E-state index contributed by atoms with van der Waals surface area (Å²) in [6.07, 6.45) is 2.17. The average molecular weight is 322 g/mol. The maximum atomic E-state index is 12.3. The van der Waals surface area contributed by atoms with Crippen LogP contribution in [0.2, 0.25) is 0 Å². The molecule has 0 aliphatic carbocycles. The molecule has 0 fully saturated rings. The lowest BCUT2D eigenvalue weighted by Crippen LogP contribution is -2.13. The van der Waals surface area contributed by atoms with E-state index in [0.717, 1.165) is 12.1 Å². The van der Waals surface area contributed by atoms with Crippen LogP contribution >= 0.6 is 0 Å². The van der Waals surface area contributed by atoms with Crippen LogP contribution in [0.3, 0.4) is 0 Å². The lowest BCUT2D eigenvalue weighted by atomic mass is 10.1. The van der Waals surface area contributed by atoms with Gasteiger partial charge in [-0.2, -0.15) is 8.78 Å². The molecule has 120 valence electrons. The van der Waals surface area contributed by atoms with Crippen molar-refractivity contribution < 1.29 is 27.8 Å². The molecular weight excluding hydrogens is 310 g/mol. The smallest absolute Gasteiger partial charge is 0.387 e. The minimum Gasteiger partial charge on any atom is -0.507 e. The summed E-state index contributed by atoms with van der Waals surface area (Å²) in [6.45, 7) is -1.56. The predicted molar refractivity (Wildman–Crippen MR) is 77.8 cm³/mol. The quantitative estimate of drug-likeness (QED) is 0.676. The Kier molecular flexibility index (Phi) is 4.90. The van der Waals surface area contributed by atoms with Gasteiger partial charge in [-0.1, -0.05) is 18.2 Å². The third-order valence-corrected chi connectivity index (χ3v) is 2.85. The third kappa shape index (κ3) is 4.03. The van der Waals surface area contributed by atoms with Crippen molar-refractivity contribution in [2.24, 2.45) is 0 Å². The molecule has 2 rings (SSSR count). The largest absolute Gasteiger partial charge is 0.507 e. The summed E-state index contributed by atoms with van der Waals surface area (Å²) in [4.78, 5) is 23.6. The van der Waals surface area contributed by atoms with Crippen LogP contribution in [0.4, 0.5) is 8.78 Å². The molecular formula is C16H12F2O5. The zero-order valence-corrected chi connectivity index (χ0v) is 12.0. The number of allylic oxidation sites excluding steroid dienone is 1. The second-order valence-electron chi connectivity index (χ2n) is 4.52. The van der Waals surface area contributed by atoms with Crippen molar-refractivity contribution in [2.45, 2.75) is 13.5 Å². The molecule has 1 heterocycles. The molecule has 1 aromatic heterocycles.